The fraction of sp³-hybridized carbons (Fsp3) is 1.00. The van der Waals surface area contributed by atoms with Crippen LogP contribution >= 0.6 is 0 Å². The van der Waals surface area contributed by atoms with Crippen LogP contribution in [0.2, 0.25) is 0 Å². The Morgan fingerprint density at radius 1 is 1.86 bits per heavy atom. The molecule has 0 saturated heterocycles. The number of hydrogen-bond acceptors (Lipinski definition) is 3. The lowest BCUT2D eigenvalue weighted by atomic mass is 10.4. The predicted molar refractivity (Wildman–Crippen MR) is 28.0 cm³/mol. The molecule has 42 valence electrons. The van der Waals surface area contributed by atoms with E-state index < -0.39 is 6.10 Å². The van der Waals surface area contributed by atoms with Gasteiger partial charge in [-0.3, -0.25) is 0 Å². The quantitative estimate of drug-likeness (QED) is 0.459. The molecule has 7 heavy (non-hydrogen) atoms. The van der Waals surface area contributed by atoms with E-state index in [0.717, 1.165) is 0 Å². The van der Waals surface area contributed by atoms with Crippen molar-refractivity contribution in [1.82, 2.24) is 0 Å². The summed E-state index contributed by atoms with van der Waals surface area (Å²) in [6, 6.07) is 0. The summed E-state index contributed by atoms with van der Waals surface area (Å²) in [6.45, 7) is 0.176. The van der Waals surface area contributed by atoms with Gasteiger partial charge in [-0.2, -0.15) is 0 Å². The third kappa shape index (κ3) is 3.78. The summed E-state index contributed by atoms with van der Waals surface area (Å²) in [6.07, 6.45) is -0.623. The maximum Gasteiger partial charge on any atom is 0.461 e. The van der Waals surface area contributed by atoms with Crippen LogP contribution in [-0.2, 0) is 15.9 Å². The van der Waals surface area contributed by atoms with Crippen LogP contribution in [0.25, 0.3) is 0 Å². The molecule has 0 aliphatic heterocycles. The van der Waals surface area contributed by atoms with E-state index in [2.05, 4.69) is 0 Å². The van der Waals surface area contributed by atoms with Gasteiger partial charge in [0.25, 0.3) is 5.75 Å². The lowest BCUT2D eigenvalue weighted by molar-refractivity contribution is 0.207. The smallest absolute Gasteiger partial charge is 0.386 e. The summed E-state index contributed by atoms with van der Waals surface area (Å²) in [4.78, 5) is 0. The van der Waals surface area contributed by atoms with E-state index in [1.54, 1.807) is 0 Å². The van der Waals surface area contributed by atoms with Crippen molar-refractivity contribution in [2.24, 2.45) is 5.73 Å². The molecular formula is C3H8NO2S+. The molecule has 0 heterocycles. The molecule has 0 fully saturated rings. The summed E-state index contributed by atoms with van der Waals surface area (Å²) < 4.78 is 9.60. The average Bonchev–Trinajstić information content (AvgIpc) is 1.68. The molecule has 1 unspecified atom stereocenters. The molecule has 4 heteroatoms. The van der Waals surface area contributed by atoms with Gasteiger partial charge in [0.05, 0.1) is 0 Å². The van der Waals surface area contributed by atoms with Gasteiger partial charge >= 0.3 is 11.7 Å². The molecule has 0 radical (unpaired) electrons. The highest BCUT2D eigenvalue weighted by molar-refractivity contribution is 7.65. The van der Waals surface area contributed by atoms with Crippen molar-refractivity contribution in [3.05, 3.63) is 0 Å². The first-order chi connectivity index (χ1) is 3.31. The molecule has 0 amide bonds. The molecule has 0 bridgehead atoms. The third-order valence-electron chi connectivity index (χ3n) is 0.533. The zero-order valence-electron chi connectivity index (χ0n) is 3.83. The number of aliphatic hydroxyl groups is 1. The topological polar surface area (TPSA) is 63.3 Å². The van der Waals surface area contributed by atoms with Gasteiger partial charge in [-0.05, 0) is 0 Å². The van der Waals surface area contributed by atoms with Crippen LogP contribution in [0, 0.1) is 0 Å². The lowest BCUT2D eigenvalue weighted by Crippen LogP contribution is -2.22. The fourth-order valence-electron chi connectivity index (χ4n) is 0.147. The van der Waals surface area contributed by atoms with Crippen LogP contribution in [-0.4, -0.2) is 23.5 Å². The number of hydrogen-bond donors (Lipinski definition) is 2. The zero-order chi connectivity index (χ0) is 5.70. The predicted octanol–water partition coefficient (Wildman–Crippen LogP) is -1.27. The van der Waals surface area contributed by atoms with Gasteiger partial charge in [0.15, 0.2) is 0 Å². The zero-order valence-corrected chi connectivity index (χ0v) is 4.65. The van der Waals surface area contributed by atoms with E-state index in [0.29, 0.717) is 11.7 Å². The number of nitrogens with two attached hydrogens (primary N) is 1. The molecule has 1 atom stereocenters. The first-order valence-corrected chi connectivity index (χ1v) is 2.85. The van der Waals surface area contributed by atoms with Crippen molar-refractivity contribution in [2.75, 3.05) is 12.3 Å². The maximum absolute atomic E-state index is 9.60. The minimum absolute atomic E-state index is 0.176. The van der Waals surface area contributed by atoms with Crippen LogP contribution < -0.4 is 5.73 Å². The van der Waals surface area contributed by atoms with Gasteiger partial charge in [0.2, 0.25) is 0 Å². The third-order valence-corrected chi connectivity index (χ3v) is 1.05. The van der Waals surface area contributed by atoms with Crippen molar-refractivity contribution in [3.8, 4) is 0 Å². The summed E-state index contributed by atoms with van der Waals surface area (Å²) >= 11 is 0.354. The molecule has 0 aliphatic carbocycles. The van der Waals surface area contributed by atoms with Crippen LogP contribution in [0.1, 0.15) is 0 Å². The second-order valence-corrected chi connectivity index (χ2v) is 1.74. The van der Waals surface area contributed by atoms with Gasteiger partial charge in [0, 0.05) is 10.8 Å². The SMILES string of the molecule is NCC(O)C[S+]=O. The first-order valence-electron chi connectivity index (χ1n) is 1.94. The Bertz CT molecular complexity index is 58.9. The number of aliphatic hydroxyl groups excluding tert-OH is 1. The number of rotatable bonds is 3. The Balaban J connectivity index is 2.98. The minimum Gasteiger partial charge on any atom is -0.386 e. The highest BCUT2D eigenvalue weighted by Crippen LogP contribution is 1.73. The van der Waals surface area contributed by atoms with Crippen LogP contribution in [0.15, 0.2) is 0 Å². The monoisotopic (exact) mass is 122 g/mol. The Labute approximate surface area is 46.0 Å². The van der Waals surface area contributed by atoms with E-state index in [9.17, 15) is 4.21 Å². The van der Waals surface area contributed by atoms with E-state index >= 15 is 0 Å². The molecular weight excluding hydrogens is 114 g/mol. The molecule has 0 aromatic rings. The van der Waals surface area contributed by atoms with Gasteiger partial charge < -0.3 is 10.8 Å². The van der Waals surface area contributed by atoms with Crippen molar-refractivity contribution >= 4 is 11.7 Å². The molecule has 0 aromatic carbocycles. The van der Waals surface area contributed by atoms with Gasteiger partial charge in [-0.1, -0.05) is 0 Å². The van der Waals surface area contributed by atoms with Crippen LogP contribution in [0.5, 0.6) is 0 Å². The molecule has 0 rings (SSSR count). The van der Waals surface area contributed by atoms with Crippen molar-refractivity contribution < 1.29 is 9.32 Å². The highest BCUT2D eigenvalue weighted by Gasteiger charge is 2.07. The second-order valence-electron chi connectivity index (χ2n) is 1.17. The summed E-state index contributed by atoms with van der Waals surface area (Å²) in [5, 5.41) is 8.51. The first kappa shape index (κ1) is 6.94. The van der Waals surface area contributed by atoms with E-state index in [-0.39, 0.29) is 12.3 Å². The molecule has 0 saturated carbocycles. The van der Waals surface area contributed by atoms with E-state index in [4.69, 9.17) is 10.8 Å². The molecule has 0 aliphatic rings. The Morgan fingerprint density at radius 3 is 2.57 bits per heavy atom. The summed E-state index contributed by atoms with van der Waals surface area (Å²) in [5.41, 5.74) is 4.96. The summed E-state index contributed by atoms with van der Waals surface area (Å²) in [7, 11) is 0. The van der Waals surface area contributed by atoms with Gasteiger partial charge in [-0.25, -0.2) is 0 Å². The van der Waals surface area contributed by atoms with Crippen molar-refractivity contribution in [3.63, 3.8) is 0 Å². The van der Waals surface area contributed by atoms with Crippen LogP contribution in [0.3, 0.4) is 0 Å². The van der Waals surface area contributed by atoms with Crippen LogP contribution in [0.4, 0.5) is 0 Å². The summed E-state index contributed by atoms with van der Waals surface area (Å²) in [5.74, 6) is 0.191. The largest absolute Gasteiger partial charge is 0.461 e. The fourth-order valence-corrected chi connectivity index (χ4v) is 0.440. The molecule has 3 nitrogen and oxygen atoms in total. The Morgan fingerprint density at radius 2 is 2.43 bits per heavy atom. The van der Waals surface area contributed by atoms with E-state index in [1.165, 1.54) is 0 Å². The van der Waals surface area contributed by atoms with Crippen molar-refractivity contribution in [2.45, 2.75) is 6.10 Å². The maximum atomic E-state index is 9.60. The molecule has 0 aromatic heterocycles. The van der Waals surface area contributed by atoms with Gasteiger partial charge in [0.1, 0.15) is 6.10 Å². The molecule has 0 spiro atoms. The second kappa shape index (κ2) is 4.11. The minimum atomic E-state index is -0.623. The lowest BCUT2D eigenvalue weighted by Gasteiger charge is -1.90. The van der Waals surface area contributed by atoms with Crippen molar-refractivity contribution in [1.29, 1.82) is 0 Å². The molecule has 3 N–H and O–H groups in total. The highest BCUT2D eigenvalue weighted by atomic mass is 32.1. The Hall–Kier alpha value is -0.0600. The van der Waals surface area contributed by atoms with Gasteiger partial charge in [-0.15, -0.1) is 0 Å². The Kier molecular flexibility index (Phi) is 4.07. The average molecular weight is 122 g/mol. The van der Waals surface area contributed by atoms with E-state index in [1.807, 2.05) is 0 Å². The normalized spacial score (nSPS) is 13.4. The standard InChI is InChI=1S/C3H8NO2S/c4-1-3(5)2-7-6/h3,5H,1-2,4H2/q+1.